The van der Waals surface area contributed by atoms with Crippen LogP contribution in [0.4, 0.5) is 0 Å². The van der Waals surface area contributed by atoms with E-state index in [9.17, 15) is 4.79 Å². The lowest BCUT2D eigenvalue weighted by Gasteiger charge is -2.12. The van der Waals surface area contributed by atoms with Gasteiger partial charge in [-0.05, 0) is 60.2 Å². The van der Waals surface area contributed by atoms with Gasteiger partial charge in [-0.15, -0.1) is 0 Å². The molecule has 0 saturated carbocycles. The fourth-order valence-electron chi connectivity index (χ4n) is 3.35. The van der Waals surface area contributed by atoms with E-state index in [0.717, 1.165) is 28.1 Å². The number of hydrogen-bond donors (Lipinski definition) is 0. The zero-order valence-electron chi connectivity index (χ0n) is 13.6. The van der Waals surface area contributed by atoms with Gasteiger partial charge < -0.3 is 4.57 Å². The molecule has 2 aromatic carbocycles. The second-order valence-electron chi connectivity index (χ2n) is 5.98. The highest BCUT2D eigenvalue weighted by atomic mass is 16.1. The molecule has 0 aliphatic rings. The van der Waals surface area contributed by atoms with E-state index in [2.05, 4.69) is 23.2 Å². The van der Waals surface area contributed by atoms with Crippen LogP contribution >= 0.6 is 0 Å². The monoisotopic (exact) mass is 314 g/mol. The predicted molar refractivity (Wildman–Crippen MR) is 98.4 cm³/mol. The molecule has 0 spiro atoms. The highest BCUT2D eigenvalue weighted by Crippen LogP contribution is 2.24. The minimum absolute atomic E-state index is 0.0849. The van der Waals surface area contributed by atoms with Crippen LogP contribution in [0.3, 0.4) is 0 Å². The first-order valence-electron chi connectivity index (χ1n) is 8.21. The number of benzene rings is 2. The molecule has 0 aliphatic carbocycles. The third-order valence-corrected chi connectivity index (χ3v) is 4.52. The lowest BCUT2D eigenvalue weighted by atomic mass is 9.99. The third-order valence-electron chi connectivity index (χ3n) is 4.52. The van der Waals surface area contributed by atoms with Gasteiger partial charge in [0.05, 0.1) is 5.52 Å². The second kappa shape index (κ2) is 5.93. The highest BCUT2D eigenvalue weighted by molar-refractivity contribution is 6.05. The fraction of sp³-hybridized carbons (Fsp3) is 0.143. The molecule has 3 nitrogen and oxygen atoms in total. The van der Waals surface area contributed by atoms with Crippen molar-refractivity contribution < 1.29 is 0 Å². The SMILES string of the molecule is CCn1c(=O)c2ccc(Cc3ccncc3)cc2c2ccccc21. The van der Waals surface area contributed by atoms with E-state index in [1.165, 1.54) is 11.1 Å². The van der Waals surface area contributed by atoms with Crippen LogP contribution in [0.1, 0.15) is 18.1 Å². The molecular formula is C21H18N2O. The molecule has 4 rings (SSSR count). The van der Waals surface area contributed by atoms with E-state index in [1.807, 2.05) is 60.3 Å². The van der Waals surface area contributed by atoms with Crippen LogP contribution in [0.25, 0.3) is 21.7 Å². The van der Waals surface area contributed by atoms with Crippen molar-refractivity contribution in [1.82, 2.24) is 9.55 Å². The number of fused-ring (bicyclic) bond motifs is 3. The summed E-state index contributed by atoms with van der Waals surface area (Å²) in [4.78, 5) is 16.9. The molecule has 0 saturated heterocycles. The molecule has 2 aromatic heterocycles. The Morgan fingerprint density at radius 2 is 1.67 bits per heavy atom. The number of aromatic nitrogens is 2. The van der Waals surface area contributed by atoms with Crippen molar-refractivity contribution in [3.63, 3.8) is 0 Å². The minimum atomic E-state index is 0.0849. The van der Waals surface area contributed by atoms with Crippen molar-refractivity contribution in [1.29, 1.82) is 0 Å². The molecule has 118 valence electrons. The van der Waals surface area contributed by atoms with Crippen molar-refractivity contribution >= 4 is 21.7 Å². The van der Waals surface area contributed by atoms with Crippen molar-refractivity contribution in [3.05, 3.63) is 88.5 Å². The van der Waals surface area contributed by atoms with Crippen LogP contribution in [-0.2, 0) is 13.0 Å². The smallest absolute Gasteiger partial charge is 0.258 e. The average Bonchev–Trinajstić information content (AvgIpc) is 2.63. The van der Waals surface area contributed by atoms with Crippen molar-refractivity contribution in [3.8, 4) is 0 Å². The first-order chi connectivity index (χ1) is 11.8. The van der Waals surface area contributed by atoms with E-state index < -0.39 is 0 Å². The molecule has 0 aliphatic heterocycles. The van der Waals surface area contributed by atoms with Gasteiger partial charge in [-0.1, -0.05) is 24.3 Å². The van der Waals surface area contributed by atoms with Crippen LogP contribution < -0.4 is 5.56 Å². The molecule has 0 atom stereocenters. The number of nitrogens with zero attached hydrogens (tertiary/aromatic N) is 2. The Morgan fingerprint density at radius 3 is 2.46 bits per heavy atom. The number of aryl methyl sites for hydroxylation is 1. The molecule has 0 unspecified atom stereocenters. The van der Waals surface area contributed by atoms with Crippen molar-refractivity contribution in [2.45, 2.75) is 19.9 Å². The number of pyridine rings is 2. The van der Waals surface area contributed by atoms with Gasteiger partial charge in [-0.2, -0.15) is 0 Å². The second-order valence-corrected chi connectivity index (χ2v) is 5.98. The first kappa shape index (κ1) is 14.6. The average molecular weight is 314 g/mol. The summed E-state index contributed by atoms with van der Waals surface area (Å²) in [5.74, 6) is 0. The normalized spacial score (nSPS) is 11.2. The van der Waals surface area contributed by atoms with Gasteiger partial charge in [-0.25, -0.2) is 0 Å². The third kappa shape index (κ3) is 2.38. The summed E-state index contributed by atoms with van der Waals surface area (Å²) in [6.45, 7) is 2.69. The molecule has 0 amide bonds. The van der Waals surface area contributed by atoms with Crippen LogP contribution in [0, 0.1) is 0 Å². The largest absolute Gasteiger partial charge is 0.308 e. The van der Waals surface area contributed by atoms with Gasteiger partial charge in [-0.3, -0.25) is 9.78 Å². The zero-order valence-corrected chi connectivity index (χ0v) is 13.6. The number of para-hydroxylation sites is 1. The van der Waals surface area contributed by atoms with Crippen molar-refractivity contribution in [2.24, 2.45) is 0 Å². The maximum absolute atomic E-state index is 12.8. The summed E-state index contributed by atoms with van der Waals surface area (Å²) in [5.41, 5.74) is 3.50. The predicted octanol–water partition coefficient (Wildman–Crippen LogP) is 4.16. The molecule has 0 N–H and O–H groups in total. The molecule has 3 heteroatoms. The van der Waals surface area contributed by atoms with E-state index >= 15 is 0 Å². The number of rotatable bonds is 3. The maximum atomic E-state index is 12.8. The Bertz CT molecular complexity index is 1080. The Morgan fingerprint density at radius 1 is 0.875 bits per heavy atom. The lowest BCUT2D eigenvalue weighted by molar-refractivity contribution is 0.767. The highest BCUT2D eigenvalue weighted by Gasteiger charge is 2.10. The Labute approximate surface area is 140 Å². The van der Waals surface area contributed by atoms with E-state index in [-0.39, 0.29) is 5.56 Å². The quantitative estimate of drug-likeness (QED) is 0.532. The van der Waals surface area contributed by atoms with Gasteiger partial charge in [0.15, 0.2) is 0 Å². The standard InChI is InChI=1S/C21H18N2O/c1-2-23-20-6-4-3-5-17(20)19-14-16(7-8-18(19)21(23)24)13-15-9-11-22-12-10-15/h3-12,14H,2,13H2,1H3. The lowest BCUT2D eigenvalue weighted by Crippen LogP contribution is -2.19. The summed E-state index contributed by atoms with van der Waals surface area (Å²) in [7, 11) is 0. The van der Waals surface area contributed by atoms with Crippen LogP contribution in [-0.4, -0.2) is 9.55 Å². The summed E-state index contributed by atoms with van der Waals surface area (Å²) in [6, 6.07) is 18.4. The van der Waals surface area contributed by atoms with Gasteiger partial charge >= 0.3 is 0 Å². The summed E-state index contributed by atoms with van der Waals surface area (Å²) < 4.78 is 1.85. The fourth-order valence-corrected chi connectivity index (χ4v) is 3.35. The van der Waals surface area contributed by atoms with Gasteiger partial charge in [0, 0.05) is 29.7 Å². The molecule has 24 heavy (non-hydrogen) atoms. The molecule has 0 radical (unpaired) electrons. The van der Waals surface area contributed by atoms with E-state index in [4.69, 9.17) is 0 Å². The molecule has 4 aromatic rings. The summed E-state index contributed by atoms with van der Waals surface area (Å²) in [6.07, 6.45) is 4.46. The van der Waals surface area contributed by atoms with Crippen LogP contribution in [0.2, 0.25) is 0 Å². The van der Waals surface area contributed by atoms with Crippen LogP contribution in [0.5, 0.6) is 0 Å². The van der Waals surface area contributed by atoms with Gasteiger partial charge in [0.2, 0.25) is 0 Å². The van der Waals surface area contributed by atoms with Crippen LogP contribution in [0.15, 0.2) is 71.8 Å². The summed E-state index contributed by atoms with van der Waals surface area (Å²) in [5, 5.41) is 2.95. The van der Waals surface area contributed by atoms with E-state index in [1.54, 1.807) is 0 Å². The Kier molecular flexibility index (Phi) is 3.62. The molecule has 2 heterocycles. The zero-order chi connectivity index (χ0) is 16.5. The van der Waals surface area contributed by atoms with Gasteiger partial charge in [0.25, 0.3) is 5.56 Å². The minimum Gasteiger partial charge on any atom is -0.308 e. The van der Waals surface area contributed by atoms with Crippen molar-refractivity contribution in [2.75, 3.05) is 0 Å². The maximum Gasteiger partial charge on any atom is 0.258 e. The first-order valence-corrected chi connectivity index (χ1v) is 8.21. The van der Waals surface area contributed by atoms with Gasteiger partial charge in [0.1, 0.15) is 0 Å². The topological polar surface area (TPSA) is 34.9 Å². The van der Waals surface area contributed by atoms with E-state index in [0.29, 0.717) is 6.54 Å². The Balaban J connectivity index is 1.96. The molecule has 0 bridgehead atoms. The molecule has 0 fully saturated rings. The Hall–Kier alpha value is -2.94. The number of hydrogen-bond acceptors (Lipinski definition) is 2. The summed E-state index contributed by atoms with van der Waals surface area (Å²) >= 11 is 0. The molecular weight excluding hydrogens is 296 g/mol.